The summed E-state index contributed by atoms with van der Waals surface area (Å²) in [5.41, 5.74) is 2.53. The Labute approximate surface area is 105 Å². The van der Waals surface area contributed by atoms with Crippen LogP contribution in [0.15, 0.2) is 24.3 Å². The first kappa shape index (κ1) is 14.0. The Morgan fingerprint density at radius 1 is 1.18 bits per heavy atom. The molecule has 0 aliphatic rings. The van der Waals surface area contributed by atoms with Gasteiger partial charge < -0.3 is 10.1 Å². The first-order valence-electron chi connectivity index (χ1n) is 6.37. The lowest BCUT2D eigenvalue weighted by Gasteiger charge is -2.20. The number of para-hydroxylation sites is 1. The summed E-state index contributed by atoms with van der Waals surface area (Å²) in [6, 6.07) is 8.47. The topological polar surface area (TPSA) is 21.3 Å². The smallest absolute Gasteiger partial charge is 0.0646 e. The number of anilines is 1. The predicted molar refractivity (Wildman–Crippen MR) is 74.7 cm³/mol. The Balaban J connectivity index is 2.47. The maximum atomic E-state index is 5.69. The fourth-order valence-electron chi connectivity index (χ4n) is 1.70. The molecule has 96 valence electrons. The van der Waals surface area contributed by atoms with Crippen molar-refractivity contribution >= 4 is 5.69 Å². The minimum Gasteiger partial charge on any atom is -0.382 e. The Bertz CT molecular complexity index is 339. The molecule has 1 aromatic rings. The van der Waals surface area contributed by atoms with Gasteiger partial charge in [0.2, 0.25) is 0 Å². The lowest BCUT2D eigenvalue weighted by molar-refractivity contribution is 0.00333. The van der Waals surface area contributed by atoms with E-state index in [-0.39, 0.29) is 5.60 Å². The van der Waals surface area contributed by atoms with Crippen LogP contribution in [0, 0.1) is 0 Å². The Morgan fingerprint density at radius 2 is 1.82 bits per heavy atom. The zero-order valence-electron chi connectivity index (χ0n) is 11.7. The number of hydrogen-bond acceptors (Lipinski definition) is 2. The minimum absolute atomic E-state index is 0.0563. The third-order valence-electron chi connectivity index (χ3n) is 2.54. The van der Waals surface area contributed by atoms with Crippen molar-refractivity contribution in [2.75, 3.05) is 18.5 Å². The molecule has 1 N–H and O–H groups in total. The molecule has 0 radical (unpaired) electrons. The second-order valence-electron chi connectivity index (χ2n) is 5.63. The number of ether oxygens (including phenoxy) is 1. The molecule has 0 aliphatic heterocycles. The SMILES string of the molecule is CC(C)c1ccccc1NCCOC(C)(C)C. The lowest BCUT2D eigenvalue weighted by Crippen LogP contribution is -2.23. The van der Waals surface area contributed by atoms with Crippen LogP contribution in [-0.2, 0) is 4.74 Å². The molecule has 17 heavy (non-hydrogen) atoms. The predicted octanol–water partition coefficient (Wildman–Crippen LogP) is 4.04. The quantitative estimate of drug-likeness (QED) is 0.778. The second-order valence-corrected chi connectivity index (χ2v) is 5.63. The third kappa shape index (κ3) is 5.22. The first-order chi connectivity index (χ1) is 7.90. The van der Waals surface area contributed by atoms with E-state index >= 15 is 0 Å². The molecule has 0 saturated heterocycles. The fourth-order valence-corrected chi connectivity index (χ4v) is 1.70. The molecular formula is C15H25NO. The van der Waals surface area contributed by atoms with Gasteiger partial charge in [-0.2, -0.15) is 0 Å². The van der Waals surface area contributed by atoms with Crippen molar-refractivity contribution in [2.45, 2.75) is 46.1 Å². The van der Waals surface area contributed by atoms with Gasteiger partial charge in [0, 0.05) is 12.2 Å². The molecule has 0 saturated carbocycles. The van der Waals surface area contributed by atoms with Crippen molar-refractivity contribution in [3.8, 4) is 0 Å². The van der Waals surface area contributed by atoms with Gasteiger partial charge in [0.1, 0.15) is 0 Å². The third-order valence-corrected chi connectivity index (χ3v) is 2.54. The molecular weight excluding hydrogens is 210 g/mol. The molecule has 0 amide bonds. The van der Waals surface area contributed by atoms with Gasteiger partial charge in [0.05, 0.1) is 12.2 Å². The fraction of sp³-hybridized carbons (Fsp3) is 0.600. The average Bonchev–Trinajstić information content (AvgIpc) is 2.23. The van der Waals surface area contributed by atoms with Gasteiger partial charge in [-0.05, 0) is 38.3 Å². The molecule has 0 aliphatic carbocycles. The van der Waals surface area contributed by atoms with Crippen molar-refractivity contribution in [3.05, 3.63) is 29.8 Å². The molecule has 0 spiro atoms. The highest BCUT2D eigenvalue weighted by Gasteiger charge is 2.09. The van der Waals surface area contributed by atoms with Gasteiger partial charge >= 0.3 is 0 Å². The van der Waals surface area contributed by atoms with Crippen LogP contribution in [0.25, 0.3) is 0 Å². The largest absolute Gasteiger partial charge is 0.382 e. The van der Waals surface area contributed by atoms with E-state index in [0.29, 0.717) is 5.92 Å². The van der Waals surface area contributed by atoms with Gasteiger partial charge in [0.15, 0.2) is 0 Å². The molecule has 0 heterocycles. The van der Waals surface area contributed by atoms with Crippen molar-refractivity contribution < 1.29 is 4.74 Å². The second kappa shape index (κ2) is 6.06. The maximum Gasteiger partial charge on any atom is 0.0646 e. The molecule has 1 rings (SSSR count). The zero-order chi connectivity index (χ0) is 12.9. The molecule has 2 heteroatoms. The summed E-state index contributed by atoms with van der Waals surface area (Å²) < 4.78 is 5.69. The van der Waals surface area contributed by atoms with Gasteiger partial charge in [-0.25, -0.2) is 0 Å². The Kier molecular flexibility index (Phi) is 5.01. The van der Waals surface area contributed by atoms with Gasteiger partial charge in [-0.1, -0.05) is 32.0 Å². The molecule has 0 aromatic heterocycles. The molecule has 0 bridgehead atoms. The molecule has 0 fully saturated rings. The van der Waals surface area contributed by atoms with Crippen molar-refractivity contribution in [3.63, 3.8) is 0 Å². The number of rotatable bonds is 5. The molecule has 0 atom stereocenters. The highest BCUT2D eigenvalue weighted by molar-refractivity contribution is 5.52. The maximum absolute atomic E-state index is 5.69. The van der Waals surface area contributed by atoms with Crippen LogP contribution in [0.1, 0.15) is 46.1 Å². The number of hydrogen-bond donors (Lipinski definition) is 1. The summed E-state index contributed by atoms with van der Waals surface area (Å²) in [6.45, 7) is 12.2. The van der Waals surface area contributed by atoms with E-state index in [0.717, 1.165) is 13.2 Å². The summed E-state index contributed by atoms with van der Waals surface area (Å²) in [4.78, 5) is 0. The first-order valence-corrected chi connectivity index (χ1v) is 6.37. The summed E-state index contributed by atoms with van der Waals surface area (Å²) >= 11 is 0. The summed E-state index contributed by atoms with van der Waals surface area (Å²) in [5.74, 6) is 0.544. The molecule has 2 nitrogen and oxygen atoms in total. The van der Waals surface area contributed by atoms with Gasteiger partial charge in [-0.15, -0.1) is 0 Å². The van der Waals surface area contributed by atoms with Crippen LogP contribution in [0.3, 0.4) is 0 Å². The summed E-state index contributed by atoms with van der Waals surface area (Å²) in [7, 11) is 0. The van der Waals surface area contributed by atoms with Crippen LogP contribution in [0.2, 0.25) is 0 Å². The minimum atomic E-state index is -0.0563. The van der Waals surface area contributed by atoms with Crippen LogP contribution < -0.4 is 5.32 Å². The lowest BCUT2D eigenvalue weighted by atomic mass is 10.0. The van der Waals surface area contributed by atoms with Crippen molar-refractivity contribution in [1.29, 1.82) is 0 Å². The van der Waals surface area contributed by atoms with Crippen molar-refractivity contribution in [1.82, 2.24) is 0 Å². The van der Waals surface area contributed by atoms with Gasteiger partial charge in [0.25, 0.3) is 0 Å². The van der Waals surface area contributed by atoms with E-state index in [1.54, 1.807) is 0 Å². The standard InChI is InChI=1S/C15H25NO/c1-12(2)13-8-6-7-9-14(13)16-10-11-17-15(3,4)5/h6-9,12,16H,10-11H2,1-5H3. The number of benzene rings is 1. The average molecular weight is 235 g/mol. The van der Waals surface area contributed by atoms with Crippen molar-refractivity contribution in [2.24, 2.45) is 0 Å². The normalized spacial score (nSPS) is 11.9. The van der Waals surface area contributed by atoms with Gasteiger partial charge in [-0.3, -0.25) is 0 Å². The van der Waals surface area contributed by atoms with E-state index in [1.165, 1.54) is 11.3 Å². The highest BCUT2D eigenvalue weighted by Crippen LogP contribution is 2.23. The van der Waals surface area contributed by atoms with Crippen LogP contribution in [0.5, 0.6) is 0 Å². The summed E-state index contributed by atoms with van der Waals surface area (Å²) in [6.07, 6.45) is 0. The van der Waals surface area contributed by atoms with Crippen LogP contribution >= 0.6 is 0 Å². The van der Waals surface area contributed by atoms with E-state index < -0.39 is 0 Å². The monoisotopic (exact) mass is 235 g/mol. The van der Waals surface area contributed by atoms with Crippen LogP contribution in [-0.4, -0.2) is 18.8 Å². The zero-order valence-corrected chi connectivity index (χ0v) is 11.7. The van der Waals surface area contributed by atoms with E-state index in [9.17, 15) is 0 Å². The van der Waals surface area contributed by atoms with Crippen LogP contribution in [0.4, 0.5) is 5.69 Å². The van der Waals surface area contributed by atoms with E-state index in [4.69, 9.17) is 4.74 Å². The van der Waals surface area contributed by atoms with E-state index in [1.807, 2.05) is 0 Å². The Morgan fingerprint density at radius 3 is 2.41 bits per heavy atom. The van der Waals surface area contributed by atoms with E-state index in [2.05, 4.69) is 64.2 Å². The molecule has 1 aromatic carbocycles. The number of nitrogens with one attached hydrogen (secondary N) is 1. The molecule has 0 unspecified atom stereocenters. The highest BCUT2D eigenvalue weighted by atomic mass is 16.5. The summed E-state index contributed by atoms with van der Waals surface area (Å²) in [5, 5.41) is 3.44. The Hall–Kier alpha value is -1.02.